The molecule has 5 N–H and O–H groups in total. The fraction of sp³-hybridized carbons (Fsp3) is 0.625. The van der Waals surface area contributed by atoms with Crippen LogP contribution in [0.25, 0.3) is 0 Å². The van der Waals surface area contributed by atoms with Crippen LogP contribution in [0.15, 0.2) is 18.2 Å². The highest BCUT2D eigenvalue weighted by atomic mass is 16.6. The molecule has 0 radical (unpaired) electrons. The van der Waals surface area contributed by atoms with Crippen LogP contribution in [-0.4, -0.2) is 46.9 Å². The van der Waals surface area contributed by atoms with Crippen LogP contribution in [0.3, 0.4) is 0 Å². The second-order valence-corrected chi connectivity index (χ2v) is 9.96. The van der Waals surface area contributed by atoms with Crippen molar-refractivity contribution >= 4 is 23.7 Å². The standard InChI is InChI=1S/C24H39N3O6/c1-23(2,3)32-21(30)12-10-17(26-22(31)33-24(4,5)6)14-16-9-11-19(28)18(15-16)27-20(29)8-7-13-25/h9,11,15,17,28H,7-8,10,12-14,25H2,1-6H3,(H,26,31)(H,27,29). The minimum absolute atomic E-state index is 0.0646. The highest BCUT2D eigenvalue weighted by Crippen LogP contribution is 2.26. The molecule has 0 aliphatic carbocycles. The summed E-state index contributed by atoms with van der Waals surface area (Å²) in [6, 6.07) is 4.39. The molecule has 1 atom stereocenters. The highest BCUT2D eigenvalue weighted by molar-refractivity contribution is 5.92. The monoisotopic (exact) mass is 465 g/mol. The summed E-state index contributed by atoms with van der Waals surface area (Å²) in [4.78, 5) is 36.5. The largest absolute Gasteiger partial charge is 0.506 e. The number of ether oxygens (including phenoxy) is 2. The molecule has 0 saturated heterocycles. The number of hydrogen-bond acceptors (Lipinski definition) is 7. The van der Waals surface area contributed by atoms with Crippen LogP contribution in [0.5, 0.6) is 5.75 Å². The van der Waals surface area contributed by atoms with E-state index in [-0.39, 0.29) is 36.2 Å². The first-order valence-electron chi connectivity index (χ1n) is 11.2. The molecule has 9 nitrogen and oxygen atoms in total. The van der Waals surface area contributed by atoms with Crippen molar-refractivity contribution in [2.24, 2.45) is 5.73 Å². The summed E-state index contributed by atoms with van der Waals surface area (Å²) < 4.78 is 10.7. The second-order valence-electron chi connectivity index (χ2n) is 9.96. The van der Waals surface area contributed by atoms with Crippen molar-refractivity contribution in [1.82, 2.24) is 5.32 Å². The average Bonchev–Trinajstić information content (AvgIpc) is 2.64. The van der Waals surface area contributed by atoms with Crippen molar-refractivity contribution in [3.05, 3.63) is 23.8 Å². The molecule has 0 spiro atoms. The third-order valence-corrected chi connectivity index (χ3v) is 4.26. The van der Waals surface area contributed by atoms with E-state index in [1.54, 1.807) is 53.7 Å². The van der Waals surface area contributed by atoms with E-state index >= 15 is 0 Å². The van der Waals surface area contributed by atoms with Gasteiger partial charge in [-0.3, -0.25) is 9.59 Å². The number of phenols is 1. The lowest BCUT2D eigenvalue weighted by molar-refractivity contribution is -0.155. The predicted molar refractivity (Wildman–Crippen MR) is 127 cm³/mol. The number of phenolic OH excluding ortho intramolecular Hbond substituents is 1. The molecule has 2 amide bonds. The van der Waals surface area contributed by atoms with Crippen LogP contribution in [0.1, 0.15) is 72.8 Å². The minimum Gasteiger partial charge on any atom is -0.506 e. The number of anilines is 1. The van der Waals surface area contributed by atoms with Gasteiger partial charge in [-0.05, 0) is 85.0 Å². The Labute approximate surface area is 196 Å². The van der Waals surface area contributed by atoms with Crippen LogP contribution < -0.4 is 16.4 Å². The van der Waals surface area contributed by atoms with Crippen molar-refractivity contribution in [2.75, 3.05) is 11.9 Å². The summed E-state index contributed by atoms with van der Waals surface area (Å²) in [5.41, 5.74) is 5.20. The zero-order valence-corrected chi connectivity index (χ0v) is 20.6. The molecule has 1 rings (SSSR count). The van der Waals surface area contributed by atoms with Crippen LogP contribution in [0, 0.1) is 0 Å². The van der Waals surface area contributed by atoms with E-state index in [2.05, 4.69) is 10.6 Å². The Morgan fingerprint density at radius 2 is 1.67 bits per heavy atom. The molecule has 0 aliphatic heterocycles. The van der Waals surface area contributed by atoms with E-state index in [0.29, 0.717) is 25.8 Å². The van der Waals surface area contributed by atoms with Crippen molar-refractivity contribution in [1.29, 1.82) is 0 Å². The molecule has 0 bridgehead atoms. The van der Waals surface area contributed by atoms with Gasteiger partial charge in [-0.1, -0.05) is 6.07 Å². The summed E-state index contributed by atoms with van der Waals surface area (Å²) in [6.07, 6.45) is 0.989. The number of hydrogen-bond donors (Lipinski definition) is 4. The Kier molecular flexibility index (Phi) is 10.6. The maximum atomic E-state index is 12.3. The number of alkyl carbamates (subject to hydrolysis) is 1. The molecular weight excluding hydrogens is 426 g/mol. The summed E-state index contributed by atoms with van der Waals surface area (Å²) in [5.74, 6) is -0.677. The number of carbonyl (C=O) groups is 3. The predicted octanol–water partition coefficient (Wildman–Crippen LogP) is 3.63. The topological polar surface area (TPSA) is 140 Å². The normalized spacial score (nSPS) is 12.6. The van der Waals surface area contributed by atoms with Gasteiger partial charge in [0.15, 0.2) is 0 Å². The first-order valence-corrected chi connectivity index (χ1v) is 11.2. The van der Waals surface area contributed by atoms with E-state index < -0.39 is 23.3 Å². The van der Waals surface area contributed by atoms with Crippen LogP contribution in [0.2, 0.25) is 0 Å². The van der Waals surface area contributed by atoms with Gasteiger partial charge in [-0.15, -0.1) is 0 Å². The quantitative estimate of drug-likeness (QED) is 0.305. The second kappa shape index (κ2) is 12.4. The van der Waals surface area contributed by atoms with Gasteiger partial charge < -0.3 is 30.9 Å². The van der Waals surface area contributed by atoms with Crippen molar-refractivity contribution in [2.45, 2.75) is 90.9 Å². The lowest BCUT2D eigenvalue weighted by Gasteiger charge is -2.24. The van der Waals surface area contributed by atoms with Crippen molar-refractivity contribution < 1.29 is 29.0 Å². The summed E-state index contributed by atoms with van der Waals surface area (Å²) in [7, 11) is 0. The zero-order chi connectivity index (χ0) is 25.2. The van der Waals surface area contributed by atoms with E-state index in [4.69, 9.17) is 15.2 Å². The lowest BCUT2D eigenvalue weighted by Crippen LogP contribution is -2.40. The van der Waals surface area contributed by atoms with E-state index in [1.165, 1.54) is 6.07 Å². The minimum atomic E-state index is -0.667. The Morgan fingerprint density at radius 3 is 2.24 bits per heavy atom. The van der Waals surface area contributed by atoms with Gasteiger partial charge in [-0.2, -0.15) is 0 Å². The molecule has 0 aliphatic rings. The van der Waals surface area contributed by atoms with Gasteiger partial charge in [0.25, 0.3) is 0 Å². The maximum absolute atomic E-state index is 12.3. The molecule has 0 saturated carbocycles. The van der Waals surface area contributed by atoms with Gasteiger partial charge in [0.2, 0.25) is 5.91 Å². The van der Waals surface area contributed by atoms with Crippen LogP contribution in [0.4, 0.5) is 10.5 Å². The molecule has 9 heteroatoms. The Hall–Kier alpha value is -2.81. The van der Waals surface area contributed by atoms with Gasteiger partial charge in [-0.25, -0.2) is 4.79 Å². The number of nitrogens with two attached hydrogens (primary N) is 1. The Bertz CT molecular complexity index is 811. The molecule has 1 aromatic rings. The number of nitrogens with one attached hydrogen (secondary N) is 2. The van der Waals surface area contributed by atoms with Crippen molar-refractivity contribution in [3.8, 4) is 5.75 Å². The van der Waals surface area contributed by atoms with Crippen LogP contribution >= 0.6 is 0 Å². The first-order chi connectivity index (χ1) is 15.2. The fourth-order valence-corrected chi connectivity index (χ4v) is 2.95. The maximum Gasteiger partial charge on any atom is 0.407 e. The lowest BCUT2D eigenvalue weighted by atomic mass is 10.0. The molecule has 1 aromatic carbocycles. The van der Waals surface area contributed by atoms with E-state index in [0.717, 1.165) is 5.56 Å². The number of esters is 1. The van der Waals surface area contributed by atoms with Crippen LogP contribution in [-0.2, 0) is 25.5 Å². The van der Waals surface area contributed by atoms with Gasteiger partial charge >= 0.3 is 12.1 Å². The molecule has 1 unspecified atom stereocenters. The molecule has 0 heterocycles. The third kappa shape index (κ3) is 12.7. The smallest absolute Gasteiger partial charge is 0.407 e. The van der Waals surface area contributed by atoms with Gasteiger partial charge in [0.1, 0.15) is 17.0 Å². The Morgan fingerprint density at radius 1 is 1.03 bits per heavy atom. The summed E-state index contributed by atoms with van der Waals surface area (Å²) >= 11 is 0. The molecule has 0 fully saturated rings. The van der Waals surface area contributed by atoms with E-state index in [1.807, 2.05) is 0 Å². The first kappa shape index (κ1) is 28.2. The number of benzene rings is 1. The zero-order valence-electron chi connectivity index (χ0n) is 20.6. The van der Waals surface area contributed by atoms with Gasteiger partial charge in [0, 0.05) is 18.9 Å². The fourth-order valence-electron chi connectivity index (χ4n) is 2.95. The number of carbonyl (C=O) groups excluding carboxylic acids is 3. The Balaban J connectivity index is 2.94. The average molecular weight is 466 g/mol. The molecule has 186 valence electrons. The third-order valence-electron chi connectivity index (χ3n) is 4.26. The number of rotatable bonds is 10. The highest BCUT2D eigenvalue weighted by Gasteiger charge is 2.23. The summed E-state index contributed by atoms with van der Waals surface area (Å²) in [6.45, 7) is 11.1. The molecular formula is C24H39N3O6. The van der Waals surface area contributed by atoms with Crippen molar-refractivity contribution in [3.63, 3.8) is 0 Å². The molecule has 0 aromatic heterocycles. The summed E-state index contributed by atoms with van der Waals surface area (Å²) in [5, 5.41) is 15.6. The van der Waals surface area contributed by atoms with E-state index in [9.17, 15) is 19.5 Å². The number of aromatic hydroxyl groups is 1. The number of amides is 2. The SMILES string of the molecule is CC(C)(C)OC(=O)CCC(Cc1ccc(O)c(NC(=O)CCCN)c1)NC(=O)OC(C)(C)C. The van der Waals surface area contributed by atoms with Gasteiger partial charge in [0.05, 0.1) is 5.69 Å². The molecule has 33 heavy (non-hydrogen) atoms.